The largest absolute Gasteiger partial charge is 0.383 e. The van der Waals surface area contributed by atoms with Gasteiger partial charge in [0.25, 0.3) is 0 Å². The van der Waals surface area contributed by atoms with Crippen molar-refractivity contribution in [2.45, 2.75) is 25.3 Å². The molecule has 2 aromatic carbocycles. The highest BCUT2D eigenvalue weighted by Crippen LogP contribution is 2.19. The molecule has 0 unspecified atom stereocenters. The van der Waals surface area contributed by atoms with Gasteiger partial charge in [-0.2, -0.15) is 4.31 Å². The molecule has 27 heavy (non-hydrogen) atoms. The van der Waals surface area contributed by atoms with Crippen molar-refractivity contribution in [3.8, 4) is 0 Å². The Labute approximate surface area is 161 Å². The molecule has 0 aliphatic rings. The van der Waals surface area contributed by atoms with Crippen LogP contribution >= 0.6 is 0 Å². The Kier molecular flexibility index (Phi) is 7.53. The van der Waals surface area contributed by atoms with Gasteiger partial charge in [0.05, 0.1) is 18.0 Å². The molecule has 0 saturated heterocycles. The molecule has 0 aliphatic carbocycles. The van der Waals surface area contributed by atoms with E-state index in [1.807, 2.05) is 38.1 Å². The second kappa shape index (κ2) is 9.64. The average Bonchev–Trinajstić information content (AvgIpc) is 2.63. The molecule has 6 nitrogen and oxygen atoms in total. The fourth-order valence-corrected chi connectivity index (χ4v) is 3.88. The van der Waals surface area contributed by atoms with Gasteiger partial charge in [0.1, 0.15) is 0 Å². The van der Waals surface area contributed by atoms with Crippen LogP contribution in [-0.2, 0) is 26.1 Å². The maximum atomic E-state index is 13.1. The minimum absolute atomic E-state index is 0.119. The number of nitrogens with zero attached hydrogens (tertiary/aromatic N) is 1. The third kappa shape index (κ3) is 6.16. The highest BCUT2D eigenvalue weighted by molar-refractivity contribution is 7.89. The van der Waals surface area contributed by atoms with E-state index in [2.05, 4.69) is 5.32 Å². The van der Waals surface area contributed by atoms with Crippen molar-refractivity contribution in [1.29, 1.82) is 0 Å². The van der Waals surface area contributed by atoms with E-state index in [0.29, 0.717) is 13.2 Å². The van der Waals surface area contributed by atoms with E-state index in [1.54, 1.807) is 24.3 Å². The quantitative estimate of drug-likeness (QED) is 0.667. The number of sulfonamides is 1. The third-order valence-electron chi connectivity index (χ3n) is 4.09. The summed E-state index contributed by atoms with van der Waals surface area (Å²) in [6.07, 6.45) is 0. The fraction of sp³-hybridized carbons (Fsp3) is 0.350. The standard InChI is InChI=1S/C20H26N2O4S/c1-16-4-8-18(9-5-16)14-22(15-20(23)21-12-13-26-3)27(24,25)19-10-6-17(2)7-11-19/h4-11H,12-15H2,1-3H3,(H,21,23). The predicted octanol–water partition coefficient (Wildman–Crippen LogP) is 2.26. The molecular formula is C20H26N2O4S. The van der Waals surface area contributed by atoms with Crippen LogP contribution in [0.1, 0.15) is 16.7 Å². The van der Waals surface area contributed by atoms with E-state index < -0.39 is 10.0 Å². The van der Waals surface area contributed by atoms with Crippen LogP contribution in [0.5, 0.6) is 0 Å². The molecule has 0 radical (unpaired) electrons. The lowest BCUT2D eigenvalue weighted by Crippen LogP contribution is -2.41. The van der Waals surface area contributed by atoms with Crippen molar-refractivity contribution in [2.24, 2.45) is 0 Å². The van der Waals surface area contributed by atoms with Gasteiger partial charge >= 0.3 is 0 Å². The molecule has 0 saturated carbocycles. The van der Waals surface area contributed by atoms with E-state index in [1.165, 1.54) is 11.4 Å². The second-order valence-corrected chi connectivity index (χ2v) is 8.35. The number of nitrogens with one attached hydrogen (secondary N) is 1. The van der Waals surface area contributed by atoms with Crippen molar-refractivity contribution in [3.05, 3.63) is 65.2 Å². The topological polar surface area (TPSA) is 75.7 Å². The van der Waals surface area contributed by atoms with Gasteiger partial charge < -0.3 is 10.1 Å². The zero-order valence-corrected chi connectivity index (χ0v) is 16.8. The van der Waals surface area contributed by atoms with E-state index in [0.717, 1.165) is 16.7 Å². The van der Waals surface area contributed by atoms with Crippen LogP contribution in [0.3, 0.4) is 0 Å². The van der Waals surface area contributed by atoms with Crippen molar-refractivity contribution in [1.82, 2.24) is 9.62 Å². The number of rotatable bonds is 9. The molecule has 0 aliphatic heterocycles. The van der Waals surface area contributed by atoms with Crippen LogP contribution in [-0.4, -0.2) is 45.4 Å². The van der Waals surface area contributed by atoms with Crippen LogP contribution in [0.4, 0.5) is 0 Å². The fourth-order valence-electron chi connectivity index (χ4n) is 2.49. The van der Waals surface area contributed by atoms with Crippen LogP contribution in [0.25, 0.3) is 0 Å². The number of methoxy groups -OCH3 is 1. The van der Waals surface area contributed by atoms with Gasteiger partial charge in [0.15, 0.2) is 0 Å². The maximum absolute atomic E-state index is 13.1. The molecule has 0 atom stereocenters. The minimum atomic E-state index is -3.81. The Bertz CT molecular complexity index is 847. The zero-order valence-electron chi connectivity index (χ0n) is 15.9. The first-order valence-electron chi connectivity index (χ1n) is 8.71. The Balaban J connectivity index is 2.25. The number of amides is 1. The van der Waals surface area contributed by atoms with Crippen LogP contribution in [0.2, 0.25) is 0 Å². The maximum Gasteiger partial charge on any atom is 0.243 e. The lowest BCUT2D eigenvalue weighted by Gasteiger charge is -2.22. The average molecular weight is 391 g/mol. The Morgan fingerprint density at radius 1 is 1.00 bits per heavy atom. The van der Waals surface area contributed by atoms with Crippen molar-refractivity contribution < 1.29 is 17.9 Å². The summed E-state index contributed by atoms with van der Waals surface area (Å²) >= 11 is 0. The first kappa shape index (κ1) is 21.1. The molecule has 1 N–H and O–H groups in total. The summed E-state index contributed by atoms with van der Waals surface area (Å²) < 4.78 is 32.3. The first-order valence-corrected chi connectivity index (χ1v) is 10.1. The number of hydrogen-bond acceptors (Lipinski definition) is 4. The molecule has 2 aromatic rings. The van der Waals surface area contributed by atoms with Gasteiger partial charge in [-0.3, -0.25) is 4.79 Å². The molecule has 2 rings (SSSR count). The zero-order chi connectivity index (χ0) is 19.9. The summed E-state index contributed by atoms with van der Waals surface area (Å²) in [6, 6.07) is 14.2. The van der Waals surface area contributed by atoms with Gasteiger partial charge in [0, 0.05) is 20.2 Å². The number of carbonyl (C=O) groups excluding carboxylic acids is 1. The van der Waals surface area contributed by atoms with Crippen molar-refractivity contribution in [2.75, 3.05) is 26.8 Å². The highest BCUT2D eigenvalue weighted by Gasteiger charge is 2.26. The van der Waals surface area contributed by atoms with Crippen LogP contribution in [0.15, 0.2) is 53.4 Å². The number of benzene rings is 2. The predicted molar refractivity (Wildman–Crippen MR) is 105 cm³/mol. The lowest BCUT2D eigenvalue weighted by molar-refractivity contribution is -0.121. The molecule has 0 spiro atoms. The van der Waals surface area contributed by atoms with Gasteiger partial charge in [-0.15, -0.1) is 0 Å². The second-order valence-electron chi connectivity index (χ2n) is 6.41. The van der Waals surface area contributed by atoms with Gasteiger partial charge in [-0.25, -0.2) is 8.42 Å². The summed E-state index contributed by atoms with van der Waals surface area (Å²) in [7, 11) is -2.27. The summed E-state index contributed by atoms with van der Waals surface area (Å²) in [5.74, 6) is -0.366. The Hall–Kier alpha value is -2.22. The summed E-state index contributed by atoms with van der Waals surface area (Å²) in [5.41, 5.74) is 2.88. The van der Waals surface area contributed by atoms with Gasteiger partial charge in [-0.1, -0.05) is 47.5 Å². The number of ether oxygens (including phenoxy) is 1. The van der Waals surface area contributed by atoms with Crippen molar-refractivity contribution in [3.63, 3.8) is 0 Å². The lowest BCUT2D eigenvalue weighted by atomic mass is 10.1. The Morgan fingerprint density at radius 3 is 2.11 bits per heavy atom. The molecule has 0 bridgehead atoms. The van der Waals surface area contributed by atoms with Crippen LogP contribution < -0.4 is 5.32 Å². The molecule has 7 heteroatoms. The number of hydrogen-bond donors (Lipinski definition) is 1. The summed E-state index contributed by atoms with van der Waals surface area (Å²) in [5, 5.41) is 2.67. The number of carbonyl (C=O) groups is 1. The summed E-state index contributed by atoms with van der Waals surface area (Å²) in [4.78, 5) is 12.4. The monoisotopic (exact) mass is 390 g/mol. The smallest absolute Gasteiger partial charge is 0.243 e. The van der Waals surface area contributed by atoms with Crippen molar-refractivity contribution >= 4 is 15.9 Å². The first-order chi connectivity index (χ1) is 12.8. The molecule has 1 amide bonds. The minimum Gasteiger partial charge on any atom is -0.383 e. The SMILES string of the molecule is COCCNC(=O)CN(Cc1ccc(C)cc1)S(=O)(=O)c1ccc(C)cc1. The molecular weight excluding hydrogens is 364 g/mol. The van der Waals surface area contributed by atoms with E-state index >= 15 is 0 Å². The molecule has 0 heterocycles. The highest BCUT2D eigenvalue weighted by atomic mass is 32.2. The van der Waals surface area contributed by atoms with Gasteiger partial charge in [0.2, 0.25) is 15.9 Å². The molecule has 146 valence electrons. The van der Waals surface area contributed by atoms with E-state index in [9.17, 15) is 13.2 Å². The molecule has 0 aromatic heterocycles. The normalized spacial score (nSPS) is 11.6. The van der Waals surface area contributed by atoms with E-state index in [4.69, 9.17) is 4.74 Å². The Morgan fingerprint density at radius 2 is 1.56 bits per heavy atom. The number of aryl methyl sites for hydroxylation is 2. The molecule has 0 fully saturated rings. The van der Waals surface area contributed by atoms with Crippen LogP contribution in [0, 0.1) is 13.8 Å². The van der Waals surface area contributed by atoms with E-state index in [-0.39, 0.29) is 23.9 Å². The summed E-state index contributed by atoms with van der Waals surface area (Å²) in [6.45, 7) is 4.42. The third-order valence-corrected chi connectivity index (χ3v) is 5.89. The van der Waals surface area contributed by atoms with Gasteiger partial charge in [-0.05, 0) is 31.5 Å².